The number of aliphatic carboxylic acids is 1. The molecule has 1 aliphatic heterocycles. The maximum atomic E-state index is 12.7. The van der Waals surface area contributed by atoms with Gasteiger partial charge in [0.25, 0.3) is 0 Å². The Morgan fingerprint density at radius 2 is 1.28 bits per heavy atom. The van der Waals surface area contributed by atoms with Crippen molar-refractivity contribution in [3.8, 4) is 0 Å². The first-order valence-electron chi connectivity index (χ1n) is 11.1. The van der Waals surface area contributed by atoms with Crippen LogP contribution in [0.15, 0.2) is 91.0 Å². The Hall–Kier alpha value is -3.44. The van der Waals surface area contributed by atoms with Crippen LogP contribution in [0.25, 0.3) is 0 Å². The van der Waals surface area contributed by atoms with E-state index in [1.165, 1.54) is 0 Å². The fourth-order valence-electron chi connectivity index (χ4n) is 4.54. The normalized spacial score (nSPS) is 17.9. The highest BCUT2D eigenvalue weighted by Gasteiger charge is 2.46. The fraction of sp³-hybridized carbons (Fsp3) is 0.259. The zero-order valence-electron chi connectivity index (χ0n) is 17.9. The maximum Gasteiger partial charge on any atom is 0.303 e. The lowest BCUT2D eigenvalue weighted by Crippen LogP contribution is -2.71. The van der Waals surface area contributed by atoms with Gasteiger partial charge in [-0.2, -0.15) is 0 Å². The number of nitrogens with one attached hydrogen (secondary N) is 2. The molecule has 3 aromatic carbocycles. The van der Waals surface area contributed by atoms with Crippen LogP contribution in [0.5, 0.6) is 0 Å². The molecule has 0 aliphatic carbocycles. The molecule has 1 aliphatic rings. The quantitative estimate of drug-likeness (QED) is 0.258. The molecule has 0 bridgehead atoms. The van der Waals surface area contributed by atoms with Crippen LogP contribution in [0, 0.1) is 0 Å². The lowest BCUT2D eigenvalue weighted by atomic mass is 9.75. The maximum absolute atomic E-state index is 12.7. The highest BCUT2D eigenvalue weighted by molar-refractivity contribution is 5.89. The molecule has 3 N–H and O–H groups in total. The van der Waals surface area contributed by atoms with Crippen LogP contribution in [-0.4, -0.2) is 29.1 Å². The number of β-lactam (4-membered cyclic amide) rings is 1. The topological polar surface area (TPSA) is 78.4 Å². The molecule has 1 fully saturated rings. The summed E-state index contributed by atoms with van der Waals surface area (Å²) in [4.78, 5) is 23.5. The molecular formula is C27H28N2O3. The van der Waals surface area contributed by atoms with E-state index >= 15 is 0 Å². The van der Waals surface area contributed by atoms with Crippen molar-refractivity contribution in [2.75, 3.05) is 0 Å². The van der Waals surface area contributed by atoms with E-state index in [2.05, 4.69) is 47.0 Å². The Morgan fingerprint density at radius 1 is 0.812 bits per heavy atom. The number of carbonyl (C=O) groups excluding carboxylic acids is 1. The van der Waals surface area contributed by atoms with Gasteiger partial charge in [0.1, 0.15) is 6.04 Å². The van der Waals surface area contributed by atoms with Gasteiger partial charge in [-0.05, 0) is 29.5 Å². The van der Waals surface area contributed by atoms with Crippen LogP contribution < -0.4 is 10.6 Å². The third-order valence-electron chi connectivity index (χ3n) is 6.16. The van der Waals surface area contributed by atoms with E-state index in [0.29, 0.717) is 6.42 Å². The summed E-state index contributed by atoms with van der Waals surface area (Å²) in [6.07, 6.45) is 2.26. The molecule has 0 spiro atoms. The summed E-state index contributed by atoms with van der Waals surface area (Å²) in [6.45, 7) is 0. The van der Waals surface area contributed by atoms with E-state index in [4.69, 9.17) is 5.11 Å². The van der Waals surface area contributed by atoms with Gasteiger partial charge in [0, 0.05) is 6.42 Å². The second-order valence-electron chi connectivity index (χ2n) is 8.22. The number of hydrogen-bond donors (Lipinski definition) is 3. The Kier molecular flexibility index (Phi) is 6.66. The highest BCUT2D eigenvalue weighted by atomic mass is 16.4. The summed E-state index contributed by atoms with van der Waals surface area (Å²) in [7, 11) is 0. The van der Waals surface area contributed by atoms with E-state index in [0.717, 1.165) is 29.5 Å². The molecule has 0 unspecified atom stereocenters. The second kappa shape index (κ2) is 9.79. The van der Waals surface area contributed by atoms with Crippen LogP contribution in [0.4, 0.5) is 0 Å². The molecular weight excluding hydrogens is 400 g/mol. The summed E-state index contributed by atoms with van der Waals surface area (Å²) >= 11 is 0. The number of benzene rings is 3. The summed E-state index contributed by atoms with van der Waals surface area (Å²) in [5.41, 5.74) is 2.47. The van der Waals surface area contributed by atoms with Gasteiger partial charge in [0.15, 0.2) is 0 Å². The van der Waals surface area contributed by atoms with Crippen molar-refractivity contribution < 1.29 is 14.7 Å². The van der Waals surface area contributed by atoms with Crippen LogP contribution in [0.1, 0.15) is 42.4 Å². The first kappa shape index (κ1) is 21.8. The second-order valence-corrected chi connectivity index (χ2v) is 8.22. The molecule has 1 heterocycles. The van der Waals surface area contributed by atoms with Crippen molar-refractivity contribution in [1.29, 1.82) is 0 Å². The minimum Gasteiger partial charge on any atom is -0.481 e. The van der Waals surface area contributed by atoms with Crippen molar-refractivity contribution in [3.63, 3.8) is 0 Å². The Bertz CT molecular complexity index is 942. The van der Waals surface area contributed by atoms with Gasteiger partial charge in [-0.25, -0.2) is 0 Å². The van der Waals surface area contributed by atoms with Crippen molar-refractivity contribution in [3.05, 3.63) is 108 Å². The molecule has 1 amide bonds. The van der Waals surface area contributed by atoms with Crippen LogP contribution in [0.3, 0.4) is 0 Å². The van der Waals surface area contributed by atoms with E-state index in [1.807, 2.05) is 54.6 Å². The standard InChI is InChI=1S/C27H28N2O3/c30-24(31)19-11-10-18-23-25(26(32)28-23)29-27(20-12-4-1-5-13-20,21-14-6-2-7-15-21)22-16-8-3-9-17-22/h1-9,12-17,23,25,29H,10-11,18-19H2,(H,28,32)(H,30,31)/t23-,25+/m1/s1. The average molecular weight is 429 g/mol. The minimum absolute atomic E-state index is 0.0274. The SMILES string of the molecule is O=C(O)CCCC[C@H]1NC(=O)[C@H]1NC(c1ccccc1)(c1ccccc1)c1ccccc1. The van der Waals surface area contributed by atoms with E-state index in [1.54, 1.807) is 0 Å². The first-order chi connectivity index (χ1) is 15.6. The third-order valence-corrected chi connectivity index (χ3v) is 6.16. The molecule has 1 saturated heterocycles. The Morgan fingerprint density at radius 3 is 1.69 bits per heavy atom. The fourth-order valence-corrected chi connectivity index (χ4v) is 4.54. The van der Waals surface area contributed by atoms with Gasteiger partial charge in [-0.1, -0.05) is 97.4 Å². The number of unbranched alkanes of at least 4 members (excludes halogenated alkanes) is 1. The van der Waals surface area contributed by atoms with Crippen molar-refractivity contribution in [2.24, 2.45) is 0 Å². The monoisotopic (exact) mass is 428 g/mol. The van der Waals surface area contributed by atoms with Gasteiger partial charge < -0.3 is 10.4 Å². The third kappa shape index (κ3) is 4.43. The van der Waals surface area contributed by atoms with Crippen molar-refractivity contribution in [2.45, 2.75) is 43.3 Å². The van der Waals surface area contributed by atoms with E-state index < -0.39 is 11.5 Å². The number of rotatable bonds is 10. The first-order valence-corrected chi connectivity index (χ1v) is 11.1. The minimum atomic E-state index is -0.784. The lowest BCUT2D eigenvalue weighted by Gasteiger charge is -2.46. The number of carboxylic acid groups (broad SMARTS) is 1. The van der Waals surface area contributed by atoms with Gasteiger partial charge in [0.2, 0.25) is 5.91 Å². The van der Waals surface area contributed by atoms with Gasteiger partial charge in [-0.3, -0.25) is 14.9 Å². The molecule has 2 atom stereocenters. The molecule has 5 heteroatoms. The number of carboxylic acids is 1. The molecule has 32 heavy (non-hydrogen) atoms. The summed E-state index contributed by atoms with van der Waals surface area (Å²) in [5, 5.41) is 15.6. The van der Waals surface area contributed by atoms with Crippen LogP contribution in [0.2, 0.25) is 0 Å². The molecule has 164 valence electrons. The van der Waals surface area contributed by atoms with E-state index in [9.17, 15) is 9.59 Å². The van der Waals surface area contributed by atoms with Gasteiger partial charge in [-0.15, -0.1) is 0 Å². The number of amides is 1. The molecule has 0 saturated carbocycles. The van der Waals surface area contributed by atoms with Gasteiger partial charge >= 0.3 is 5.97 Å². The van der Waals surface area contributed by atoms with Crippen LogP contribution in [-0.2, 0) is 15.1 Å². The predicted molar refractivity (Wildman–Crippen MR) is 124 cm³/mol. The Labute approximate surface area is 188 Å². The summed E-state index contributed by atoms with van der Waals surface area (Å²) < 4.78 is 0. The average Bonchev–Trinajstić information content (AvgIpc) is 2.83. The van der Waals surface area contributed by atoms with Gasteiger partial charge in [0.05, 0.1) is 11.6 Å². The largest absolute Gasteiger partial charge is 0.481 e. The number of hydrogen-bond acceptors (Lipinski definition) is 3. The molecule has 0 aromatic heterocycles. The number of carbonyl (C=O) groups is 2. The molecule has 0 radical (unpaired) electrons. The smallest absolute Gasteiger partial charge is 0.303 e. The zero-order valence-corrected chi connectivity index (χ0v) is 17.9. The van der Waals surface area contributed by atoms with E-state index in [-0.39, 0.29) is 24.4 Å². The van der Waals surface area contributed by atoms with Crippen molar-refractivity contribution >= 4 is 11.9 Å². The summed E-state index contributed by atoms with van der Waals surface area (Å²) in [5.74, 6) is -0.811. The molecule has 5 nitrogen and oxygen atoms in total. The zero-order chi connectivity index (χ0) is 22.4. The predicted octanol–water partition coefficient (Wildman–Crippen LogP) is 4.08. The molecule has 3 aromatic rings. The van der Waals surface area contributed by atoms with Crippen LogP contribution >= 0.6 is 0 Å². The Balaban J connectivity index is 1.71. The highest BCUT2D eigenvalue weighted by Crippen LogP contribution is 2.38. The lowest BCUT2D eigenvalue weighted by molar-refractivity contribution is -0.137. The van der Waals surface area contributed by atoms with Crippen molar-refractivity contribution in [1.82, 2.24) is 10.6 Å². The summed E-state index contributed by atoms with van der Waals surface area (Å²) in [6, 6.07) is 30.2. The molecule has 4 rings (SSSR count).